The Morgan fingerprint density at radius 3 is 2.54 bits per heavy atom. The van der Waals surface area contributed by atoms with Gasteiger partial charge in [-0.05, 0) is 52.8 Å². The minimum atomic E-state index is -0.549. The van der Waals surface area contributed by atoms with Crippen LogP contribution in [0.25, 0.3) is 5.13 Å². The van der Waals surface area contributed by atoms with E-state index in [0.717, 1.165) is 27.2 Å². The van der Waals surface area contributed by atoms with Crippen molar-refractivity contribution in [3.63, 3.8) is 0 Å². The van der Waals surface area contributed by atoms with E-state index in [1.807, 2.05) is 32.9 Å². The van der Waals surface area contributed by atoms with Crippen LogP contribution < -0.4 is 0 Å². The standard InChI is InChI=1S/C19H24N4O2S/c1-12-10-11-13(2)23(12)17-20-14-8-7-9-15(21-16(14)26-17)22(6)18(24)25-19(3,4)5/h7,9-11H,8H2,1-6H3. The number of thiazole rings is 1. The summed E-state index contributed by atoms with van der Waals surface area (Å²) in [5.74, 6) is 0.550. The van der Waals surface area contributed by atoms with E-state index in [9.17, 15) is 4.79 Å². The first-order chi connectivity index (χ1) is 12.2. The van der Waals surface area contributed by atoms with Crippen molar-refractivity contribution < 1.29 is 9.53 Å². The summed E-state index contributed by atoms with van der Waals surface area (Å²) in [6.45, 7) is 9.66. The molecule has 1 aliphatic rings. The summed E-state index contributed by atoms with van der Waals surface area (Å²) in [5.41, 5.74) is 2.64. The molecular formula is C19H24N4O2S. The summed E-state index contributed by atoms with van der Waals surface area (Å²) >= 11 is 1.53. The van der Waals surface area contributed by atoms with Crippen molar-refractivity contribution in [2.75, 3.05) is 7.05 Å². The maximum Gasteiger partial charge on any atom is 0.415 e. The average molecular weight is 372 g/mol. The van der Waals surface area contributed by atoms with Crippen LogP contribution in [-0.2, 0) is 11.2 Å². The highest BCUT2D eigenvalue weighted by Crippen LogP contribution is 2.34. The number of hydrogen-bond acceptors (Lipinski definition) is 5. The molecule has 0 aromatic carbocycles. The van der Waals surface area contributed by atoms with Crippen molar-refractivity contribution in [3.8, 4) is 5.13 Å². The smallest absolute Gasteiger partial charge is 0.415 e. The SMILES string of the molecule is Cc1ccc(C)n1-c1nc2c(s1)N=C(N(C)C(=O)OC(C)(C)C)C=CC2. The summed E-state index contributed by atoms with van der Waals surface area (Å²) in [4.78, 5) is 23.2. The van der Waals surface area contributed by atoms with Gasteiger partial charge in [-0.2, -0.15) is 0 Å². The Morgan fingerprint density at radius 2 is 1.92 bits per heavy atom. The maximum absolute atomic E-state index is 12.3. The monoisotopic (exact) mass is 372 g/mol. The number of aryl methyl sites for hydroxylation is 2. The molecule has 2 aromatic heterocycles. The molecule has 0 aliphatic carbocycles. The molecule has 1 amide bonds. The highest BCUT2D eigenvalue weighted by Gasteiger charge is 2.23. The molecule has 2 aromatic rings. The third-order valence-electron chi connectivity index (χ3n) is 3.93. The summed E-state index contributed by atoms with van der Waals surface area (Å²) in [7, 11) is 1.67. The minimum absolute atomic E-state index is 0.425. The Balaban J connectivity index is 1.93. The first-order valence-corrected chi connectivity index (χ1v) is 9.34. The molecule has 26 heavy (non-hydrogen) atoms. The van der Waals surface area contributed by atoms with Crippen molar-refractivity contribution in [1.29, 1.82) is 0 Å². The number of hydrogen-bond donors (Lipinski definition) is 0. The third kappa shape index (κ3) is 3.72. The molecule has 3 rings (SSSR count). The first kappa shape index (κ1) is 18.4. The second-order valence-corrected chi connectivity index (χ2v) is 8.27. The second-order valence-electron chi connectivity index (χ2n) is 7.32. The molecule has 7 heteroatoms. The van der Waals surface area contributed by atoms with Crippen LogP contribution in [-0.4, -0.2) is 39.0 Å². The van der Waals surface area contributed by atoms with Crippen molar-refractivity contribution >= 4 is 28.3 Å². The highest BCUT2D eigenvalue weighted by molar-refractivity contribution is 7.18. The van der Waals surface area contributed by atoms with Crippen LogP contribution in [0.5, 0.6) is 0 Å². The zero-order valence-corrected chi connectivity index (χ0v) is 16.8. The van der Waals surface area contributed by atoms with Gasteiger partial charge in [0.1, 0.15) is 16.4 Å². The number of amides is 1. The van der Waals surface area contributed by atoms with E-state index in [4.69, 9.17) is 9.72 Å². The van der Waals surface area contributed by atoms with Crippen molar-refractivity contribution in [2.45, 2.75) is 46.6 Å². The molecule has 0 spiro atoms. The van der Waals surface area contributed by atoms with Crippen LogP contribution in [0, 0.1) is 13.8 Å². The first-order valence-electron chi connectivity index (χ1n) is 8.52. The van der Waals surface area contributed by atoms with Gasteiger partial charge >= 0.3 is 6.09 Å². The van der Waals surface area contributed by atoms with Crippen molar-refractivity contribution in [2.24, 2.45) is 4.99 Å². The number of nitrogens with zero attached hydrogens (tertiary/aromatic N) is 4. The zero-order chi connectivity index (χ0) is 19.1. The van der Waals surface area contributed by atoms with Crippen LogP contribution in [0.4, 0.5) is 9.80 Å². The molecule has 0 saturated heterocycles. The molecular weight excluding hydrogens is 348 g/mol. The number of allylic oxidation sites excluding steroid dienone is 1. The molecule has 1 aliphatic heterocycles. The van der Waals surface area contributed by atoms with Gasteiger partial charge in [0, 0.05) is 24.9 Å². The lowest BCUT2D eigenvalue weighted by molar-refractivity contribution is 0.0403. The lowest BCUT2D eigenvalue weighted by atomic mass is 10.2. The molecule has 0 unspecified atom stereocenters. The molecule has 138 valence electrons. The summed E-state index contributed by atoms with van der Waals surface area (Å²) in [6.07, 6.45) is 4.07. The van der Waals surface area contributed by atoms with Gasteiger partial charge in [0.05, 0.1) is 5.69 Å². The van der Waals surface area contributed by atoms with Gasteiger partial charge in [-0.3, -0.25) is 9.47 Å². The van der Waals surface area contributed by atoms with Gasteiger partial charge in [-0.1, -0.05) is 17.4 Å². The Kier molecular flexibility index (Phi) is 4.75. The molecule has 0 atom stereocenters. The molecule has 0 N–H and O–H groups in total. The number of amidine groups is 1. The average Bonchev–Trinajstić information content (AvgIpc) is 3.00. The number of fused-ring (bicyclic) bond motifs is 1. The van der Waals surface area contributed by atoms with Crippen LogP contribution >= 0.6 is 11.3 Å². The molecule has 0 bridgehead atoms. The normalized spacial score (nSPS) is 13.8. The Morgan fingerprint density at radius 1 is 1.27 bits per heavy atom. The van der Waals surface area contributed by atoms with E-state index < -0.39 is 11.7 Å². The predicted molar refractivity (Wildman–Crippen MR) is 105 cm³/mol. The predicted octanol–water partition coefficient (Wildman–Crippen LogP) is 4.56. The van der Waals surface area contributed by atoms with Crippen LogP contribution in [0.1, 0.15) is 37.9 Å². The number of likely N-dealkylation sites (N-methyl/N-ethyl adjacent to an activating group) is 1. The number of rotatable bonds is 1. The maximum atomic E-state index is 12.3. The van der Waals surface area contributed by atoms with Crippen LogP contribution in [0.2, 0.25) is 0 Å². The van der Waals surface area contributed by atoms with E-state index in [0.29, 0.717) is 12.3 Å². The molecule has 6 nitrogen and oxygen atoms in total. The number of ether oxygens (including phenoxy) is 1. The van der Waals surface area contributed by atoms with Gasteiger partial charge < -0.3 is 4.74 Å². The number of carbonyl (C=O) groups is 1. The fraction of sp³-hybridized carbons (Fsp3) is 0.421. The largest absolute Gasteiger partial charge is 0.443 e. The quantitative estimate of drug-likeness (QED) is 0.737. The lowest BCUT2D eigenvalue weighted by Gasteiger charge is -2.24. The van der Waals surface area contributed by atoms with E-state index in [1.165, 1.54) is 16.2 Å². The van der Waals surface area contributed by atoms with E-state index in [-0.39, 0.29) is 0 Å². The highest BCUT2D eigenvalue weighted by atomic mass is 32.1. The minimum Gasteiger partial charge on any atom is -0.443 e. The van der Waals surface area contributed by atoms with Crippen LogP contribution in [0.3, 0.4) is 0 Å². The summed E-state index contributed by atoms with van der Waals surface area (Å²) < 4.78 is 7.55. The molecule has 0 fully saturated rings. The number of aromatic nitrogens is 2. The third-order valence-corrected chi connectivity index (χ3v) is 4.91. The van der Waals surface area contributed by atoms with Crippen molar-refractivity contribution in [1.82, 2.24) is 14.5 Å². The van der Waals surface area contributed by atoms with Gasteiger partial charge in [0.15, 0.2) is 5.13 Å². The Hall–Kier alpha value is -2.41. The molecule has 3 heterocycles. The molecule has 0 saturated carbocycles. The Bertz CT molecular complexity index is 880. The topological polar surface area (TPSA) is 59.7 Å². The number of carbonyl (C=O) groups excluding carboxylic acids is 1. The summed E-state index contributed by atoms with van der Waals surface area (Å²) in [5, 5.41) is 1.72. The summed E-state index contributed by atoms with van der Waals surface area (Å²) in [6, 6.07) is 4.15. The van der Waals surface area contributed by atoms with E-state index in [2.05, 4.69) is 35.5 Å². The molecule has 0 radical (unpaired) electrons. The van der Waals surface area contributed by atoms with Gasteiger partial charge in [0.25, 0.3) is 0 Å². The van der Waals surface area contributed by atoms with Crippen molar-refractivity contribution in [3.05, 3.63) is 41.4 Å². The number of aliphatic imine (C=N–C) groups is 1. The lowest BCUT2D eigenvalue weighted by Crippen LogP contribution is -2.37. The van der Waals surface area contributed by atoms with E-state index in [1.54, 1.807) is 7.05 Å². The van der Waals surface area contributed by atoms with Gasteiger partial charge in [-0.15, -0.1) is 0 Å². The van der Waals surface area contributed by atoms with Crippen LogP contribution in [0.15, 0.2) is 29.3 Å². The Labute approximate surface area is 157 Å². The zero-order valence-electron chi connectivity index (χ0n) is 16.0. The van der Waals surface area contributed by atoms with Gasteiger partial charge in [0.2, 0.25) is 0 Å². The fourth-order valence-corrected chi connectivity index (χ4v) is 3.74. The second kappa shape index (κ2) is 6.72. The fourth-order valence-electron chi connectivity index (χ4n) is 2.65. The van der Waals surface area contributed by atoms with E-state index >= 15 is 0 Å². The van der Waals surface area contributed by atoms with Gasteiger partial charge in [-0.25, -0.2) is 14.8 Å².